The summed E-state index contributed by atoms with van der Waals surface area (Å²) < 4.78 is 21.8. The Morgan fingerprint density at radius 3 is 2.67 bits per heavy atom. The third kappa shape index (κ3) is 4.53. The van der Waals surface area contributed by atoms with Crippen LogP contribution in [0.15, 0.2) is 12.2 Å². The van der Waals surface area contributed by atoms with Crippen molar-refractivity contribution in [1.29, 1.82) is 0 Å². The summed E-state index contributed by atoms with van der Waals surface area (Å²) >= 11 is -1.28. The highest BCUT2D eigenvalue weighted by Crippen LogP contribution is 2.24. The lowest BCUT2D eigenvalue weighted by molar-refractivity contribution is -0.145. The first-order valence-corrected chi connectivity index (χ1v) is 6.41. The molecule has 1 aliphatic rings. The van der Waals surface area contributed by atoms with E-state index in [-0.39, 0.29) is 5.25 Å². The Hall–Kier alpha value is -0.0700. The molecule has 5 heteroatoms. The first-order valence-electron chi connectivity index (χ1n) is 5.13. The Labute approximate surface area is 94.1 Å². The summed E-state index contributed by atoms with van der Waals surface area (Å²) in [5.74, 6) is -0.435. The van der Waals surface area contributed by atoms with E-state index in [9.17, 15) is 4.55 Å². The zero-order valence-electron chi connectivity index (χ0n) is 9.27. The van der Waals surface area contributed by atoms with E-state index in [2.05, 4.69) is 0 Å². The third-order valence-corrected chi connectivity index (χ3v) is 3.33. The number of ether oxygens (including phenoxy) is 2. The topological polar surface area (TPSA) is 67.5 Å². The second-order valence-electron chi connectivity index (χ2n) is 3.83. The standard InChI is InChI=1S/C10H19NO3S/c1-9(15(11)12)5-3-4-6-10(2)13-7-8-14-10/h3,5,9H,4,6-8,11H2,1-2H3. The molecule has 0 aromatic carbocycles. The smallest absolute Gasteiger partial charge is 0.166 e. The zero-order valence-corrected chi connectivity index (χ0v) is 10.1. The highest BCUT2D eigenvalue weighted by atomic mass is 32.2. The fourth-order valence-corrected chi connectivity index (χ4v) is 1.68. The number of nitrogens with two attached hydrogens (primary N) is 1. The van der Waals surface area contributed by atoms with Gasteiger partial charge in [-0.1, -0.05) is 6.08 Å². The molecule has 0 saturated carbocycles. The lowest BCUT2D eigenvalue weighted by atomic mass is 10.1. The predicted octanol–water partition coefficient (Wildman–Crippen LogP) is 1.10. The summed E-state index contributed by atoms with van der Waals surface area (Å²) in [4.78, 5) is 0. The lowest BCUT2D eigenvalue weighted by Crippen LogP contribution is -2.25. The van der Waals surface area contributed by atoms with Gasteiger partial charge in [-0.2, -0.15) is 5.14 Å². The largest absolute Gasteiger partial charge is 0.598 e. The van der Waals surface area contributed by atoms with Gasteiger partial charge in [0.25, 0.3) is 0 Å². The van der Waals surface area contributed by atoms with E-state index in [1.807, 2.05) is 26.0 Å². The molecule has 1 aliphatic heterocycles. The molecule has 4 nitrogen and oxygen atoms in total. The second kappa shape index (κ2) is 5.86. The number of hydrogen-bond donors (Lipinski definition) is 1. The molecule has 2 atom stereocenters. The molecule has 0 aliphatic carbocycles. The van der Waals surface area contributed by atoms with E-state index >= 15 is 0 Å². The molecule has 0 amide bonds. The van der Waals surface area contributed by atoms with Gasteiger partial charge in [0.1, 0.15) is 5.25 Å². The third-order valence-electron chi connectivity index (χ3n) is 2.44. The Morgan fingerprint density at radius 2 is 2.13 bits per heavy atom. The Morgan fingerprint density at radius 1 is 1.53 bits per heavy atom. The summed E-state index contributed by atoms with van der Waals surface area (Å²) in [6.07, 6.45) is 5.51. The summed E-state index contributed by atoms with van der Waals surface area (Å²) in [6.45, 7) is 5.11. The van der Waals surface area contributed by atoms with E-state index in [0.717, 1.165) is 12.8 Å². The summed E-state index contributed by atoms with van der Waals surface area (Å²) in [6, 6.07) is 0. The van der Waals surface area contributed by atoms with Gasteiger partial charge in [-0.25, -0.2) is 0 Å². The number of hydrogen-bond acceptors (Lipinski definition) is 4. The quantitative estimate of drug-likeness (QED) is 0.570. The van der Waals surface area contributed by atoms with Crippen molar-refractivity contribution in [2.75, 3.05) is 13.2 Å². The molecule has 0 bridgehead atoms. The van der Waals surface area contributed by atoms with Crippen LogP contribution >= 0.6 is 0 Å². The van der Waals surface area contributed by atoms with Crippen molar-refractivity contribution in [3.05, 3.63) is 12.2 Å². The van der Waals surface area contributed by atoms with Crippen LogP contribution in [0, 0.1) is 0 Å². The van der Waals surface area contributed by atoms with E-state index < -0.39 is 17.1 Å². The van der Waals surface area contributed by atoms with Gasteiger partial charge in [0.05, 0.1) is 13.2 Å². The molecular weight excluding hydrogens is 214 g/mol. The predicted molar refractivity (Wildman–Crippen MR) is 60.5 cm³/mol. The first kappa shape index (κ1) is 13.0. The van der Waals surface area contributed by atoms with Crippen LogP contribution in [0.3, 0.4) is 0 Å². The highest BCUT2D eigenvalue weighted by molar-refractivity contribution is 7.89. The van der Waals surface area contributed by atoms with Gasteiger partial charge in [0.15, 0.2) is 5.79 Å². The Kier molecular flexibility index (Phi) is 5.08. The van der Waals surface area contributed by atoms with E-state index in [1.54, 1.807) is 0 Å². The van der Waals surface area contributed by atoms with Crippen LogP contribution < -0.4 is 5.14 Å². The van der Waals surface area contributed by atoms with Gasteiger partial charge in [0, 0.05) is 17.8 Å². The van der Waals surface area contributed by atoms with Gasteiger partial charge in [-0.15, -0.1) is 0 Å². The van der Waals surface area contributed by atoms with E-state index in [4.69, 9.17) is 14.6 Å². The van der Waals surface area contributed by atoms with Crippen molar-refractivity contribution in [1.82, 2.24) is 0 Å². The minimum absolute atomic E-state index is 0.0942. The van der Waals surface area contributed by atoms with Gasteiger partial charge < -0.3 is 14.0 Å². The van der Waals surface area contributed by atoms with Crippen LogP contribution in [-0.4, -0.2) is 28.8 Å². The van der Waals surface area contributed by atoms with Crippen LogP contribution in [0.1, 0.15) is 26.7 Å². The lowest BCUT2D eigenvalue weighted by Gasteiger charge is -2.21. The first-order chi connectivity index (χ1) is 7.03. The molecule has 1 rings (SSSR count). The molecule has 0 aromatic rings. The van der Waals surface area contributed by atoms with Crippen molar-refractivity contribution in [3.63, 3.8) is 0 Å². The van der Waals surface area contributed by atoms with Crippen LogP contribution in [0.4, 0.5) is 0 Å². The average molecular weight is 233 g/mol. The molecule has 0 spiro atoms. The van der Waals surface area contributed by atoms with Crippen molar-refractivity contribution in [2.45, 2.75) is 37.7 Å². The zero-order chi connectivity index (χ0) is 11.3. The molecule has 88 valence electrons. The van der Waals surface area contributed by atoms with Crippen LogP contribution in [0.5, 0.6) is 0 Å². The molecule has 1 fully saturated rings. The average Bonchev–Trinajstić information content (AvgIpc) is 2.60. The van der Waals surface area contributed by atoms with E-state index in [1.165, 1.54) is 0 Å². The summed E-state index contributed by atoms with van der Waals surface area (Å²) in [7, 11) is 0. The Balaban J connectivity index is 2.20. The normalized spacial score (nSPS) is 24.5. The molecule has 1 heterocycles. The number of rotatable bonds is 5. The van der Waals surface area contributed by atoms with E-state index in [0.29, 0.717) is 13.2 Å². The van der Waals surface area contributed by atoms with Gasteiger partial charge in [0.2, 0.25) is 0 Å². The van der Waals surface area contributed by atoms with Crippen LogP contribution in [0.25, 0.3) is 0 Å². The summed E-state index contributed by atoms with van der Waals surface area (Å²) in [5.41, 5.74) is 0. The number of allylic oxidation sites excluding steroid dienone is 1. The fourth-order valence-electron chi connectivity index (χ4n) is 1.41. The van der Waals surface area contributed by atoms with Gasteiger partial charge >= 0.3 is 0 Å². The minimum atomic E-state index is -1.28. The van der Waals surface area contributed by atoms with Crippen molar-refractivity contribution < 1.29 is 14.0 Å². The molecule has 15 heavy (non-hydrogen) atoms. The second-order valence-corrected chi connectivity index (χ2v) is 5.23. The maximum absolute atomic E-state index is 10.8. The maximum Gasteiger partial charge on any atom is 0.166 e. The molecule has 1 saturated heterocycles. The SMILES string of the molecule is CC(C=CCCC1(C)OCCO1)[S+](N)[O-]. The van der Waals surface area contributed by atoms with Crippen LogP contribution in [0.2, 0.25) is 0 Å². The van der Waals surface area contributed by atoms with Crippen molar-refractivity contribution >= 4 is 11.4 Å². The van der Waals surface area contributed by atoms with Crippen molar-refractivity contribution in [2.24, 2.45) is 5.14 Å². The highest BCUT2D eigenvalue weighted by Gasteiger charge is 2.29. The minimum Gasteiger partial charge on any atom is -0.598 e. The molecule has 2 unspecified atom stereocenters. The van der Waals surface area contributed by atoms with Gasteiger partial charge in [-0.3, -0.25) is 0 Å². The van der Waals surface area contributed by atoms with Gasteiger partial charge in [-0.05, 0) is 26.3 Å². The fraction of sp³-hybridized carbons (Fsp3) is 0.800. The monoisotopic (exact) mass is 233 g/mol. The van der Waals surface area contributed by atoms with Crippen LogP contribution in [-0.2, 0) is 20.8 Å². The molecule has 0 radical (unpaired) electrons. The summed E-state index contributed by atoms with van der Waals surface area (Å²) in [5, 5.41) is 5.14. The molecular formula is C10H19NO3S. The maximum atomic E-state index is 10.8. The van der Waals surface area contributed by atoms with Crippen molar-refractivity contribution in [3.8, 4) is 0 Å². The molecule has 0 aromatic heterocycles. The Bertz CT molecular complexity index is 215. The molecule has 2 N–H and O–H groups in total.